The molecule has 1 fully saturated rings. The van der Waals surface area contributed by atoms with Gasteiger partial charge in [0.1, 0.15) is 4.21 Å². The highest BCUT2D eigenvalue weighted by atomic mass is 127. The van der Waals surface area contributed by atoms with Crippen molar-refractivity contribution in [3.8, 4) is 0 Å². The predicted octanol–water partition coefficient (Wildman–Crippen LogP) is 2.70. The fourth-order valence-electron chi connectivity index (χ4n) is 2.90. The molecule has 0 atom stereocenters. The Kier molecular flexibility index (Phi) is 9.82. The van der Waals surface area contributed by atoms with Gasteiger partial charge >= 0.3 is 0 Å². The summed E-state index contributed by atoms with van der Waals surface area (Å²) in [6.07, 6.45) is 0.968. The number of thiophene rings is 2. The van der Waals surface area contributed by atoms with E-state index in [9.17, 15) is 8.42 Å². The number of sulfonamides is 1. The first-order valence-corrected chi connectivity index (χ1v) is 12.2. The van der Waals surface area contributed by atoms with E-state index in [1.165, 1.54) is 20.5 Å². The quantitative estimate of drug-likeness (QED) is 0.315. The first kappa shape index (κ1) is 24.5. The molecule has 0 aromatic carbocycles. The molecule has 2 aromatic heterocycles. The molecular formula is C18H27IN4O3S3. The number of aliphatic imine (C=N–C) groups is 1. The van der Waals surface area contributed by atoms with Crippen LogP contribution in [0.5, 0.6) is 0 Å². The van der Waals surface area contributed by atoms with Gasteiger partial charge < -0.3 is 15.0 Å². The maximum absolute atomic E-state index is 12.7. The van der Waals surface area contributed by atoms with Crippen molar-refractivity contribution in [3.63, 3.8) is 0 Å². The Morgan fingerprint density at radius 1 is 1.28 bits per heavy atom. The van der Waals surface area contributed by atoms with E-state index in [-0.39, 0.29) is 24.0 Å². The molecule has 3 rings (SSSR count). The van der Waals surface area contributed by atoms with Crippen LogP contribution in [0.2, 0.25) is 0 Å². The fraction of sp³-hybridized carbons (Fsp3) is 0.500. The summed E-state index contributed by atoms with van der Waals surface area (Å²) < 4.78 is 32.6. The summed E-state index contributed by atoms with van der Waals surface area (Å²) in [4.78, 5) is 8.72. The Balaban J connectivity index is 0.00000300. The summed E-state index contributed by atoms with van der Waals surface area (Å²) >= 11 is 3.06. The summed E-state index contributed by atoms with van der Waals surface area (Å²) in [6, 6.07) is 7.75. The minimum atomic E-state index is -3.43. The van der Waals surface area contributed by atoms with E-state index in [0.717, 1.165) is 23.8 Å². The molecule has 2 aromatic rings. The molecule has 7 nitrogen and oxygen atoms in total. The SMILES string of the molecule is CN=C(NCc1ccc(S(=O)(=O)N2CCOCC2)s1)N(C)CCc1cccs1.I. The van der Waals surface area contributed by atoms with Crippen LogP contribution >= 0.6 is 46.7 Å². The number of nitrogens with zero attached hydrogens (tertiary/aromatic N) is 3. The molecule has 0 aliphatic carbocycles. The van der Waals surface area contributed by atoms with Crippen LogP contribution in [0, 0.1) is 0 Å². The van der Waals surface area contributed by atoms with Gasteiger partial charge in [-0.3, -0.25) is 4.99 Å². The van der Waals surface area contributed by atoms with Crippen molar-refractivity contribution in [1.29, 1.82) is 0 Å². The van der Waals surface area contributed by atoms with Crippen molar-refractivity contribution in [1.82, 2.24) is 14.5 Å². The number of rotatable bonds is 7. The second kappa shape index (κ2) is 11.6. The van der Waals surface area contributed by atoms with Crippen LogP contribution in [-0.2, 0) is 27.7 Å². The van der Waals surface area contributed by atoms with Crippen LogP contribution in [-0.4, -0.2) is 70.5 Å². The van der Waals surface area contributed by atoms with Crippen molar-refractivity contribution in [3.05, 3.63) is 39.4 Å². The fourth-order valence-corrected chi connectivity index (χ4v) is 6.45. The molecule has 29 heavy (non-hydrogen) atoms. The van der Waals surface area contributed by atoms with Gasteiger partial charge in [0.2, 0.25) is 0 Å². The van der Waals surface area contributed by atoms with Crippen LogP contribution in [0.3, 0.4) is 0 Å². The molecule has 1 aliphatic rings. The molecule has 0 radical (unpaired) electrons. The normalized spacial score (nSPS) is 15.7. The molecule has 0 saturated carbocycles. The summed E-state index contributed by atoms with van der Waals surface area (Å²) in [5.41, 5.74) is 0. The molecule has 3 heterocycles. The predicted molar refractivity (Wildman–Crippen MR) is 130 cm³/mol. The van der Waals surface area contributed by atoms with Crippen LogP contribution in [0.15, 0.2) is 38.8 Å². The number of morpholine rings is 1. The third-order valence-electron chi connectivity index (χ3n) is 4.47. The van der Waals surface area contributed by atoms with Crippen molar-refractivity contribution in [2.75, 3.05) is 46.9 Å². The number of hydrogen-bond acceptors (Lipinski definition) is 6. The highest BCUT2D eigenvalue weighted by Gasteiger charge is 2.27. The molecule has 162 valence electrons. The molecule has 0 bridgehead atoms. The Labute approximate surface area is 197 Å². The number of nitrogens with one attached hydrogen (secondary N) is 1. The van der Waals surface area contributed by atoms with Crippen molar-refractivity contribution >= 4 is 62.6 Å². The highest BCUT2D eigenvalue weighted by molar-refractivity contribution is 14.0. The number of hydrogen-bond donors (Lipinski definition) is 1. The van der Waals surface area contributed by atoms with Crippen molar-refractivity contribution in [2.45, 2.75) is 17.2 Å². The first-order chi connectivity index (χ1) is 13.5. The maximum Gasteiger partial charge on any atom is 0.252 e. The number of ether oxygens (including phenoxy) is 1. The summed E-state index contributed by atoms with van der Waals surface area (Å²) in [5, 5.41) is 5.41. The lowest BCUT2D eigenvalue weighted by molar-refractivity contribution is 0.0731. The van der Waals surface area contributed by atoms with Gasteiger partial charge in [0.15, 0.2) is 5.96 Å². The molecular weight excluding hydrogens is 543 g/mol. The average molecular weight is 571 g/mol. The zero-order chi connectivity index (χ0) is 20.0. The van der Waals surface area contributed by atoms with Crippen LogP contribution < -0.4 is 5.32 Å². The largest absolute Gasteiger partial charge is 0.379 e. The Bertz CT molecular complexity index is 878. The zero-order valence-corrected chi connectivity index (χ0v) is 21.3. The third-order valence-corrected chi connectivity index (χ3v) is 8.86. The minimum absolute atomic E-state index is 0. The van der Waals surface area contributed by atoms with E-state index in [1.807, 2.05) is 13.1 Å². The van der Waals surface area contributed by atoms with E-state index < -0.39 is 10.0 Å². The maximum atomic E-state index is 12.7. The topological polar surface area (TPSA) is 74.2 Å². The van der Waals surface area contributed by atoms with E-state index >= 15 is 0 Å². The van der Waals surface area contributed by atoms with Gasteiger partial charge in [0.25, 0.3) is 10.0 Å². The van der Waals surface area contributed by atoms with Crippen LogP contribution in [0.25, 0.3) is 0 Å². The lowest BCUT2D eigenvalue weighted by atomic mass is 10.3. The standard InChI is InChI=1S/C18H26N4O3S3.HI/c1-19-18(21(2)8-7-15-4-3-13-26-15)20-14-16-5-6-17(27-16)28(23,24)22-9-11-25-12-10-22;/h3-6,13H,7-12,14H2,1-2H3,(H,19,20);1H. The molecule has 11 heteroatoms. The summed E-state index contributed by atoms with van der Waals surface area (Å²) in [5.74, 6) is 0.794. The van der Waals surface area contributed by atoms with Gasteiger partial charge in [-0.15, -0.1) is 46.7 Å². The van der Waals surface area contributed by atoms with Crippen LogP contribution in [0.1, 0.15) is 9.75 Å². The molecule has 1 aliphatic heterocycles. The van der Waals surface area contributed by atoms with Gasteiger partial charge in [0.05, 0.1) is 19.8 Å². The number of halogens is 1. The Morgan fingerprint density at radius 3 is 2.69 bits per heavy atom. The summed E-state index contributed by atoms with van der Waals surface area (Å²) in [7, 11) is 0.331. The smallest absolute Gasteiger partial charge is 0.252 e. The second-order valence-corrected chi connectivity index (χ2v) is 10.8. The lowest BCUT2D eigenvalue weighted by Crippen LogP contribution is -2.40. The Hall–Kier alpha value is -0.730. The van der Waals surface area contributed by atoms with Crippen molar-refractivity contribution in [2.24, 2.45) is 4.99 Å². The van der Waals surface area contributed by atoms with Gasteiger partial charge in [-0.1, -0.05) is 6.07 Å². The summed E-state index contributed by atoms with van der Waals surface area (Å²) in [6.45, 7) is 3.13. The molecule has 0 unspecified atom stereocenters. The molecule has 1 saturated heterocycles. The van der Waals surface area contributed by atoms with Gasteiger partial charge in [-0.25, -0.2) is 8.42 Å². The second-order valence-electron chi connectivity index (χ2n) is 6.39. The number of likely N-dealkylation sites (N-methyl/N-ethyl adjacent to an activating group) is 1. The van der Waals surface area contributed by atoms with Crippen LogP contribution in [0.4, 0.5) is 0 Å². The monoisotopic (exact) mass is 570 g/mol. The molecule has 1 N–H and O–H groups in total. The van der Waals surface area contributed by atoms with Crippen molar-refractivity contribution < 1.29 is 13.2 Å². The lowest BCUT2D eigenvalue weighted by Gasteiger charge is -2.25. The van der Waals surface area contributed by atoms with E-state index in [1.54, 1.807) is 24.5 Å². The third kappa shape index (κ3) is 6.62. The molecule has 0 spiro atoms. The minimum Gasteiger partial charge on any atom is -0.379 e. The van der Waals surface area contributed by atoms with Gasteiger partial charge in [-0.05, 0) is 30.0 Å². The Morgan fingerprint density at radius 2 is 2.03 bits per heavy atom. The van der Waals surface area contributed by atoms with Gasteiger partial charge in [-0.2, -0.15) is 4.31 Å². The first-order valence-electron chi connectivity index (χ1n) is 9.11. The van der Waals surface area contributed by atoms with E-state index in [0.29, 0.717) is 37.1 Å². The van der Waals surface area contributed by atoms with Gasteiger partial charge in [0, 0.05) is 43.5 Å². The van der Waals surface area contributed by atoms with E-state index in [4.69, 9.17) is 4.74 Å². The number of guanidine groups is 1. The average Bonchev–Trinajstić information content (AvgIpc) is 3.40. The zero-order valence-electron chi connectivity index (χ0n) is 16.5. The highest BCUT2D eigenvalue weighted by Crippen LogP contribution is 2.25. The molecule has 0 amide bonds. The van der Waals surface area contributed by atoms with E-state index in [2.05, 4.69) is 32.7 Å².